The van der Waals surface area contributed by atoms with Crippen LogP contribution in [0.5, 0.6) is 0 Å². The molecule has 3 rings (SSSR count). The maximum Gasteiger partial charge on any atom is 0.309 e. The molecule has 7 heteroatoms. The summed E-state index contributed by atoms with van der Waals surface area (Å²) in [5.41, 5.74) is 0. The third kappa shape index (κ3) is 6.71. The Bertz CT molecular complexity index is 641. The number of rotatable bonds is 7. The maximum absolute atomic E-state index is 12.0. The van der Waals surface area contributed by atoms with Crippen LogP contribution in [0.2, 0.25) is 0 Å². The second-order valence-electron chi connectivity index (χ2n) is 8.03. The number of nitrogens with one attached hydrogen (secondary N) is 1. The van der Waals surface area contributed by atoms with Gasteiger partial charge in [-0.05, 0) is 63.4 Å². The van der Waals surface area contributed by atoms with E-state index in [2.05, 4.69) is 39.6 Å². The largest absolute Gasteiger partial charge is 0.466 e. The fourth-order valence-electron chi connectivity index (χ4n) is 4.30. The molecular formula is C22H36N4O2S. The van der Waals surface area contributed by atoms with Gasteiger partial charge in [0.05, 0.1) is 12.5 Å². The van der Waals surface area contributed by atoms with Crippen molar-refractivity contribution < 1.29 is 9.53 Å². The number of esters is 1. The number of piperidine rings is 2. The molecule has 1 atom stereocenters. The van der Waals surface area contributed by atoms with Crippen molar-refractivity contribution in [2.75, 3.05) is 45.9 Å². The van der Waals surface area contributed by atoms with Crippen LogP contribution in [0.4, 0.5) is 0 Å². The van der Waals surface area contributed by atoms with Gasteiger partial charge in [0.2, 0.25) is 0 Å². The van der Waals surface area contributed by atoms with Crippen LogP contribution in [0.3, 0.4) is 0 Å². The van der Waals surface area contributed by atoms with E-state index in [9.17, 15) is 4.79 Å². The predicted molar refractivity (Wildman–Crippen MR) is 119 cm³/mol. The molecule has 162 valence electrons. The van der Waals surface area contributed by atoms with Crippen LogP contribution in [-0.2, 0) is 16.1 Å². The molecule has 6 nitrogen and oxygen atoms in total. The summed E-state index contributed by atoms with van der Waals surface area (Å²) >= 11 is 1.85. The average Bonchev–Trinajstić information content (AvgIpc) is 3.25. The molecule has 2 saturated heterocycles. The lowest BCUT2D eigenvalue weighted by Crippen LogP contribution is -2.47. The van der Waals surface area contributed by atoms with E-state index >= 15 is 0 Å². The van der Waals surface area contributed by atoms with Crippen LogP contribution in [-0.4, -0.2) is 67.6 Å². The molecule has 1 aromatic heterocycles. The number of thiophene rings is 1. The maximum atomic E-state index is 12.0. The zero-order valence-electron chi connectivity index (χ0n) is 17.9. The zero-order valence-corrected chi connectivity index (χ0v) is 18.8. The summed E-state index contributed by atoms with van der Waals surface area (Å²) in [6, 6.07) is 4.37. The molecule has 3 heterocycles. The van der Waals surface area contributed by atoms with Gasteiger partial charge in [-0.1, -0.05) is 6.07 Å². The van der Waals surface area contributed by atoms with E-state index in [-0.39, 0.29) is 11.9 Å². The first-order valence-electron chi connectivity index (χ1n) is 11.1. The van der Waals surface area contributed by atoms with Crippen molar-refractivity contribution in [3.63, 3.8) is 0 Å². The standard InChI is InChI=1S/C22H36N4O2S/c1-3-23-22(26-12-9-19(10-13-26)21(27)28-4-2)24-15-18-7-5-11-25(16-18)17-20-8-6-14-29-20/h6,8,14,18-19H,3-5,7,9-13,15-17H2,1-2H3,(H,23,24). The van der Waals surface area contributed by atoms with Crippen LogP contribution in [0.25, 0.3) is 0 Å². The van der Waals surface area contributed by atoms with Gasteiger partial charge in [-0.25, -0.2) is 0 Å². The summed E-state index contributed by atoms with van der Waals surface area (Å²) in [5, 5.41) is 5.62. The molecule has 1 aromatic rings. The van der Waals surface area contributed by atoms with Gasteiger partial charge in [0.15, 0.2) is 5.96 Å². The first-order valence-corrected chi connectivity index (χ1v) is 12.0. The highest BCUT2D eigenvalue weighted by molar-refractivity contribution is 7.09. The van der Waals surface area contributed by atoms with Crippen LogP contribution >= 0.6 is 11.3 Å². The van der Waals surface area contributed by atoms with Gasteiger partial charge in [0, 0.05) is 44.1 Å². The van der Waals surface area contributed by atoms with Crippen LogP contribution < -0.4 is 5.32 Å². The number of likely N-dealkylation sites (tertiary alicyclic amines) is 2. The normalized spacial score (nSPS) is 21.9. The third-order valence-corrected chi connectivity index (χ3v) is 6.67. The van der Waals surface area contributed by atoms with Crippen molar-refractivity contribution in [3.05, 3.63) is 22.4 Å². The van der Waals surface area contributed by atoms with Crippen molar-refractivity contribution in [1.29, 1.82) is 0 Å². The molecule has 0 aromatic carbocycles. The molecule has 1 N–H and O–H groups in total. The summed E-state index contributed by atoms with van der Waals surface area (Å²) in [4.78, 5) is 23.3. The molecule has 29 heavy (non-hydrogen) atoms. The molecule has 0 radical (unpaired) electrons. The number of aliphatic imine (C=N–C) groups is 1. The second kappa shape index (κ2) is 11.6. The molecule has 0 amide bonds. The molecule has 0 aliphatic carbocycles. The molecule has 2 fully saturated rings. The van der Waals surface area contributed by atoms with E-state index in [1.807, 2.05) is 18.3 Å². The predicted octanol–water partition coefficient (Wildman–Crippen LogP) is 3.20. The fraction of sp³-hybridized carbons (Fsp3) is 0.727. The lowest BCUT2D eigenvalue weighted by Gasteiger charge is -2.34. The van der Waals surface area contributed by atoms with E-state index in [0.29, 0.717) is 12.5 Å². The minimum Gasteiger partial charge on any atom is -0.466 e. The summed E-state index contributed by atoms with van der Waals surface area (Å²) in [6.45, 7) is 11.3. The summed E-state index contributed by atoms with van der Waals surface area (Å²) in [5.74, 6) is 1.62. The molecule has 0 spiro atoms. The Morgan fingerprint density at radius 1 is 1.28 bits per heavy atom. The van der Waals surface area contributed by atoms with Gasteiger partial charge in [-0.2, -0.15) is 0 Å². The quantitative estimate of drug-likeness (QED) is 0.417. The lowest BCUT2D eigenvalue weighted by molar-refractivity contribution is -0.149. The topological polar surface area (TPSA) is 57.2 Å². The third-order valence-electron chi connectivity index (χ3n) is 5.81. The molecule has 0 bridgehead atoms. The lowest BCUT2D eigenvalue weighted by atomic mass is 9.97. The van der Waals surface area contributed by atoms with Gasteiger partial charge >= 0.3 is 5.97 Å². The summed E-state index contributed by atoms with van der Waals surface area (Å²) in [7, 11) is 0. The van der Waals surface area contributed by atoms with E-state index < -0.39 is 0 Å². The smallest absolute Gasteiger partial charge is 0.309 e. The van der Waals surface area contributed by atoms with Crippen molar-refractivity contribution in [1.82, 2.24) is 15.1 Å². The number of guanidine groups is 1. The molecule has 2 aliphatic rings. The first-order chi connectivity index (χ1) is 14.2. The Morgan fingerprint density at radius 3 is 2.79 bits per heavy atom. The summed E-state index contributed by atoms with van der Waals surface area (Å²) < 4.78 is 5.19. The molecular weight excluding hydrogens is 384 g/mol. The van der Waals surface area contributed by atoms with Crippen LogP contribution in [0.1, 0.15) is 44.4 Å². The van der Waals surface area contributed by atoms with E-state index in [1.165, 1.54) is 24.3 Å². The van der Waals surface area contributed by atoms with Crippen molar-refractivity contribution in [3.8, 4) is 0 Å². The van der Waals surface area contributed by atoms with Crippen molar-refractivity contribution in [2.45, 2.75) is 46.1 Å². The minimum atomic E-state index is -0.0397. The number of hydrogen-bond donors (Lipinski definition) is 1. The summed E-state index contributed by atoms with van der Waals surface area (Å²) in [6.07, 6.45) is 4.21. The average molecular weight is 421 g/mol. The molecule has 0 saturated carbocycles. The van der Waals surface area contributed by atoms with Crippen LogP contribution in [0.15, 0.2) is 22.5 Å². The van der Waals surface area contributed by atoms with E-state index in [4.69, 9.17) is 9.73 Å². The zero-order chi connectivity index (χ0) is 20.5. The number of nitrogens with zero attached hydrogens (tertiary/aromatic N) is 3. The molecule has 1 unspecified atom stereocenters. The fourth-order valence-corrected chi connectivity index (χ4v) is 5.04. The minimum absolute atomic E-state index is 0.0397. The number of carbonyl (C=O) groups excluding carboxylic acids is 1. The Kier molecular flexibility index (Phi) is 8.80. The van der Waals surface area contributed by atoms with Gasteiger partial charge in [0.1, 0.15) is 0 Å². The van der Waals surface area contributed by atoms with Gasteiger partial charge in [-0.3, -0.25) is 14.7 Å². The van der Waals surface area contributed by atoms with Crippen molar-refractivity contribution in [2.24, 2.45) is 16.8 Å². The Balaban J connectivity index is 1.50. The Labute approximate surface area is 179 Å². The highest BCUT2D eigenvalue weighted by Crippen LogP contribution is 2.22. The number of carbonyl (C=O) groups is 1. The number of ether oxygens (including phenoxy) is 1. The monoisotopic (exact) mass is 420 g/mol. The highest BCUT2D eigenvalue weighted by Gasteiger charge is 2.27. The number of hydrogen-bond acceptors (Lipinski definition) is 5. The SMILES string of the molecule is CCNC(=NCC1CCCN(Cc2cccs2)C1)N1CCC(C(=O)OCC)CC1. The molecule has 2 aliphatic heterocycles. The Hall–Kier alpha value is -1.60. The highest BCUT2D eigenvalue weighted by atomic mass is 32.1. The van der Waals surface area contributed by atoms with E-state index in [0.717, 1.165) is 58.1 Å². The Morgan fingerprint density at radius 2 is 2.10 bits per heavy atom. The van der Waals surface area contributed by atoms with Crippen molar-refractivity contribution >= 4 is 23.3 Å². The van der Waals surface area contributed by atoms with Crippen LogP contribution in [0, 0.1) is 11.8 Å². The first kappa shape index (κ1) is 22.1. The van der Waals surface area contributed by atoms with Gasteiger partial charge < -0.3 is 15.0 Å². The van der Waals surface area contributed by atoms with Gasteiger partial charge in [-0.15, -0.1) is 11.3 Å². The van der Waals surface area contributed by atoms with E-state index in [1.54, 1.807) is 0 Å². The van der Waals surface area contributed by atoms with Gasteiger partial charge in [0.25, 0.3) is 0 Å². The second-order valence-corrected chi connectivity index (χ2v) is 9.06.